The van der Waals surface area contributed by atoms with Crippen LogP contribution < -0.4 is 11.1 Å². The molecule has 0 spiro atoms. The number of hydrogen-bond acceptors (Lipinski definition) is 3. The molecule has 0 bridgehead atoms. The highest BCUT2D eigenvalue weighted by molar-refractivity contribution is 6.34. The minimum absolute atomic E-state index is 0.370. The smallest absolute Gasteiger partial charge is 0.154 e. The molecule has 0 radical (unpaired) electrons. The van der Waals surface area contributed by atoms with E-state index in [1.54, 1.807) is 6.07 Å². The molecule has 5 heteroatoms. The van der Waals surface area contributed by atoms with Gasteiger partial charge in [-0.05, 0) is 30.2 Å². The van der Waals surface area contributed by atoms with E-state index in [2.05, 4.69) is 10.3 Å². The molecule has 0 saturated heterocycles. The maximum atomic E-state index is 6.05. The molecular weight excluding hydrogens is 269 g/mol. The predicted molar refractivity (Wildman–Crippen MR) is 77.2 cm³/mol. The first-order valence-electron chi connectivity index (χ1n) is 5.48. The summed E-state index contributed by atoms with van der Waals surface area (Å²) in [6.07, 6.45) is 0. The summed E-state index contributed by atoms with van der Waals surface area (Å²) in [6, 6.07) is 9.45. The normalized spacial score (nSPS) is 10.4. The second-order valence-electron chi connectivity index (χ2n) is 3.98. The summed E-state index contributed by atoms with van der Waals surface area (Å²) in [4.78, 5) is 4.01. The Morgan fingerprint density at radius 3 is 2.67 bits per heavy atom. The Morgan fingerprint density at radius 1 is 1.28 bits per heavy atom. The van der Waals surface area contributed by atoms with Crippen LogP contribution in [0.25, 0.3) is 0 Å². The van der Waals surface area contributed by atoms with Gasteiger partial charge in [-0.25, -0.2) is 4.98 Å². The molecule has 0 aliphatic rings. The molecule has 1 aromatic carbocycles. The second kappa shape index (κ2) is 5.46. The Bertz CT molecular complexity index is 547. The van der Waals surface area contributed by atoms with Gasteiger partial charge in [0.05, 0.1) is 5.69 Å². The van der Waals surface area contributed by atoms with E-state index < -0.39 is 0 Å². The van der Waals surface area contributed by atoms with Gasteiger partial charge in [-0.3, -0.25) is 0 Å². The van der Waals surface area contributed by atoms with Crippen LogP contribution in [0.3, 0.4) is 0 Å². The van der Waals surface area contributed by atoms with Crippen LogP contribution in [-0.2, 0) is 6.54 Å². The van der Waals surface area contributed by atoms with E-state index in [4.69, 9.17) is 28.9 Å². The van der Waals surface area contributed by atoms with E-state index in [0.29, 0.717) is 16.9 Å². The minimum Gasteiger partial charge on any atom is -0.398 e. The molecule has 2 aromatic rings. The zero-order chi connectivity index (χ0) is 13.1. The fraction of sp³-hybridized carbons (Fsp3) is 0.154. The van der Waals surface area contributed by atoms with Gasteiger partial charge in [-0.2, -0.15) is 0 Å². The van der Waals surface area contributed by atoms with Gasteiger partial charge >= 0.3 is 0 Å². The molecule has 3 nitrogen and oxygen atoms in total. The fourth-order valence-corrected chi connectivity index (χ4v) is 2.28. The van der Waals surface area contributed by atoms with Crippen LogP contribution in [0.2, 0.25) is 10.3 Å². The number of nitrogen functional groups attached to an aromatic ring is 1. The molecule has 1 aromatic heterocycles. The van der Waals surface area contributed by atoms with Crippen molar-refractivity contribution in [1.29, 1.82) is 0 Å². The molecule has 0 saturated carbocycles. The monoisotopic (exact) mass is 281 g/mol. The van der Waals surface area contributed by atoms with Gasteiger partial charge in [0.15, 0.2) is 5.15 Å². The number of anilines is 2. The van der Waals surface area contributed by atoms with Crippen LogP contribution in [0.5, 0.6) is 0 Å². The number of nitrogens with zero attached hydrogens (tertiary/aromatic N) is 1. The highest BCUT2D eigenvalue weighted by Gasteiger charge is 2.07. The van der Waals surface area contributed by atoms with Crippen molar-refractivity contribution in [2.45, 2.75) is 13.5 Å². The molecular formula is C13H13Cl2N3. The number of pyridine rings is 1. The fourth-order valence-electron chi connectivity index (χ4n) is 1.69. The molecule has 0 fully saturated rings. The maximum absolute atomic E-state index is 6.05. The number of nitrogens with two attached hydrogens (primary N) is 1. The lowest BCUT2D eigenvalue weighted by molar-refractivity contribution is 1.13. The summed E-state index contributed by atoms with van der Waals surface area (Å²) in [7, 11) is 0. The number of para-hydroxylation sites is 1. The van der Waals surface area contributed by atoms with Crippen molar-refractivity contribution in [2.75, 3.05) is 11.1 Å². The molecule has 0 aliphatic carbocycles. The molecule has 0 aliphatic heterocycles. The molecule has 94 valence electrons. The highest BCUT2D eigenvalue weighted by Crippen LogP contribution is 2.27. The van der Waals surface area contributed by atoms with Crippen LogP contribution in [0.1, 0.15) is 11.1 Å². The molecule has 18 heavy (non-hydrogen) atoms. The number of nitrogens with one attached hydrogen (secondary N) is 1. The molecule has 0 amide bonds. The summed E-state index contributed by atoms with van der Waals surface area (Å²) in [5.74, 6) is 0. The van der Waals surface area contributed by atoms with Gasteiger partial charge in [0, 0.05) is 12.2 Å². The van der Waals surface area contributed by atoms with Crippen molar-refractivity contribution in [2.24, 2.45) is 0 Å². The number of benzene rings is 1. The van der Waals surface area contributed by atoms with Gasteiger partial charge in [-0.15, -0.1) is 0 Å². The first kappa shape index (κ1) is 13.0. The number of halogens is 2. The molecule has 0 atom stereocenters. The van der Waals surface area contributed by atoms with Gasteiger partial charge in [0.2, 0.25) is 0 Å². The van der Waals surface area contributed by atoms with Crippen LogP contribution in [-0.4, -0.2) is 4.98 Å². The van der Waals surface area contributed by atoms with Crippen molar-refractivity contribution in [3.8, 4) is 0 Å². The van der Waals surface area contributed by atoms with Gasteiger partial charge < -0.3 is 11.1 Å². The number of aromatic nitrogens is 1. The summed E-state index contributed by atoms with van der Waals surface area (Å²) < 4.78 is 0. The quantitative estimate of drug-likeness (QED) is 0.663. The Kier molecular flexibility index (Phi) is 3.94. The van der Waals surface area contributed by atoms with Crippen molar-refractivity contribution in [3.05, 3.63) is 51.8 Å². The van der Waals surface area contributed by atoms with Crippen molar-refractivity contribution >= 4 is 34.6 Å². The lowest BCUT2D eigenvalue weighted by atomic mass is 10.1. The van der Waals surface area contributed by atoms with Crippen LogP contribution in [0.15, 0.2) is 30.3 Å². The van der Waals surface area contributed by atoms with Crippen LogP contribution in [0.4, 0.5) is 11.4 Å². The first-order chi connectivity index (χ1) is 8.58. The van der Waals surface area contributed by atoms with Gasteiger partial charge in [-0.1, -0.05) is 41.4 Å². The predicted octanol–water partition coefficient (Wildman–Crippen LogP) is 3.89. The zero-order valence-electron chi connectivity index (χ0n) is 9.87. The van der Waals surface area contributed by atoms with E-state index in [1.165, 1.54) is 0 Å². The highest BCUT2D eigenvalue weighted by atomic mass is 35.5. The third-order valence-electron chi connectivity index (χ3n) is 2.65. The Morgan fingerprint density at radius 2 is 2.00 bits per heavy atom. The second-order valence-corrected chi connectivity index (χ2v) is 4.73. The Hall–Kier alpha value is -1.45. The molecule has 2 rings (SSSR count). The van der Waals surface area contributed by atoms with E-state index in [9.17, 15) is 0 Å². The van der Waals surface area contributed by atoms with E-state index in [-0.39, 0.29) is 0 Å². The topological polar surface area (TPSA) is 50.9 Å². The van der Waals surface area contributed by atoms with Crippen LogP contribution in [0, 0.1) is 6.92 Å². The first-order valence-corrected chi connectivity index (χ1v) is 6.23. The number of rotatable bonds is 3. The van der Waals surface area contributed by atoms with Crippen molar-refractivity contribution < 1.29 is 0 Å². The standard InChI is InChI=1S/C13H13Cl2N3/c1-8-6-11(14)18-13(15)12(8)17-7-9-4-2-3-5-10(9)16/h2-6,17H,7,16H2,1H3. The van der Waals surface area contributed by atoms with Gasteiger partial charge in [0.1, 0.15) is 5.15 Å². The third kappa shape index (κ3) is 2.86. The lowest BCUT2D eigenvalue weighted by Gasteiger charge is -2.12. The summed E-state index contributed by atoms with van der Waals surface area (Å²) in [5.41, 5.74) is 9.38. The number of hydrogen-bond donors (Lipinski definition) is 2. The van der Waals surface area contributed by atoms with E-state index in [1.807, 2.05) is 31.2 Å². The SMILES string of the molecule is Cc1cc(Cl)nc(Cl)c1NCc1ccccc1N. The van der Waals surface area contributed by atoms with Crippen molar-refractivity contribution in [1.82, 2.24) is 4.98 Å². The average Bonchev–Trinajstić information content (AvgIpc) is 2.30. The summed E-state index contributed by atoms with van der Waals surface area (Å²) in [6.45, 7) is 2.52. The molecule has 1 heterocycles. The summed E-state index contributed by atoms with van der Waals surface area (Å²) >= 11 is 11.9. The maximum Gasteiger partial charge on any atom is 0.154 e. The van der Waals surface area contributed by atoms with Crippen LogP contribution >= 0.6 is 23.2 Å². The Balaban J connectivity index is 2.19. The molecule has 3 N–H and O–H groups in total. The molecule has 0 unspecified atom stereocenters. The lowest BCUT2D eigenvalue weighted by Crippen LogP contribution is -2.05. The van der Waals surface area contributed by atoms with Gasteiger partial charge in [0.25, 0.3) is 0 Å². The van der Waals surface area contributed by atoms with E-state index in [0.717, 1.165) is 22.5 Å². The third-order valence-corrected chi connectivity index (χ3v) is 3.12. The average molecular weight is 282 g/mol. The zero-order valence-corrected chi connectivity index (χ0v) is 11.4. The Labute approximate surface area is 116 Å². The van der Waals surface area contributed by atoms with E-state index >= 15 is 0 Å². The number of aryl methyl sites for hydroxylation is 1. The summed E-state index contributed by atoms with van der Waals surface area (Å²) in [5, 5.41) is 3.99. The largest absolute Gasteiger partial charge is 0.398 e. The van der Waals surface area contributed by atoms with Crippen molar-refractivity contribution in [3.63, 3.8) is 0 Å². The minimum atomic E-state index is 0.370.